The normalized spacial score (nSPS) is 18.1. The van der Waals surface area contributed by atoms with Gasteiger partial charge in [-0.05, 0) is 18.2 Å². The summed E-state index contributed by atoms with van der Waals surface area (Å²) in [5.74, 6) is -2.55. The van der Waals surface area contributed by atoms with Crippen molar-refractivity contribution in [1.82, 2.24) is 9.62 Å². The van der Waals surface area contributed by atoms with Gasteiger partial charge in [0, 0.05) is 0 Å². The monoisotopic (exact) mass is 584 g/mol. The van der Waals surface area contributed by atoms with Gasteiger partial charge in [-0.3, -0.25) is 0 Å². The average Bonchev–Trinajstić information content (AvgIpc) is 3.24. The number of amides is 1. The first-order valence-corrected chi connectivity index (χ1v) is 22.2. The Morgan fingerprint density at radius 1 is 1.18 bits per heavy atom. The van der Waals surface area contributed by atoms with E-state index < -0.39 is 58.2 Å². The molecule has 1 amide bonds. The molecule has 178 valence electrons. The van der Waals surface area contributed by atoms with E-state index in [0.29, 0.717) is 6.42 Å². The Morgan fingerprint density at radius 2 is 1.85 bits per heavy atom. The SMILES string of the molecule is [CH3][Sn]([CH3])([CH3])[c]1ccc(C[C@H](NC(=O)[C@@H]2CCCN2S(=O)(=O)c2cccc(F)c2)C(=O)O)cc1. The van der Waals surface area contributed by atoms with E-state index in [-0.39, 0.29) is 24.3 Å². The fraction of sp³-hybridized carbons (Fsp3) is 0.391. The Morgan fingerprint density at radius 3 is 2.42 bits per heavy atom. The van der Waals surface area contributed by atoms with Crippen molar-refractivity contribution in [3.05, 3.63) is 59.9 Å². The van der Waals surface area contributed by atoms with Gasteiger partial charge in [-0.25, -0.2) is 4.39 Å². The third kappa shape index (κ3) is 6.13. The van der Waals surface area contributed by atoms with E-state index in [1.807, 2.05) is 24.3 Å². The molecule has 33 heavy (non-hydrogen) atoms. The molecule has 1 saturated heterocycles. The first kappa shape index (κ1) is 25.6. The van der Waals surface area contributed by atoms with Crippen LogP contribution in [-0.4, -0.2) is 66.7 Å². The number of aliphatic carboxylic acids is 1. The molecule has 1 fully saturated rings. The van der Waals surface area contributed by atoms with Crippen molar-refractivity contribution in [2.24, 2.45) is 0 Å². The molecule has 1 heterocycles. The van der Waals surface area contributed by atoms with Crippen LogP contribution in [-0.2, 0) is 26.0 Å². The number of nitrogens with zero attached hydrogens (tertiary/aromatic N) is 1. The van der Waals surface area contributed by atoms with Crippen LogP contribution in [0.2, 0.25) is 14.8 Å². The van der Waals surface area contributed by atoms with Crippen molar-refractivity contribution in [2.45, 2.75) is 51.1 Å². The van der Waals surface area contributed by atoms with Gasteiger partial charge in [0.05, 0.1) is 0 Å². The predicted molar refractivity (Wildman–Crippen MR) is 126 cm³/mol. The van der Waals surface area contributed by atoms with E-state index in [0.717, 1.165) is 22.0 Å². The van der Waals surface area contributed by atoms with E-state index in [2.05, 4.69) is 20.1 Å². The van der Waals surface area contributed by atoms with Gasteiger partial charge in [0.25, 0.3) is 0 Å². The van der Waals surface area contributed by atoms with Crippen molar-refractivity contribution in [3.8, 4) is 0 Å². The Balaban J connectivity index is 1.75. The van der Waals surface area contributed by atoms with E-state index >= 15 is 0 Å². The zero-order valence-corrected chi connectivity index (χ0v) is 22.6. The fourth-order valence-electron chi connectivity index (χ4n) is 3.90. The molecule has 1 aliphatic heterocycles. The molecule has 0 spiro atoms. The number of hydrogen-bond acceptors (Lipinski definition) is 4. The molecule has 2 aromatic rings. The molecule has 0 unspecified atom stereocenters. The van der Waals surface area contributed by atoms with Gasteiger partial charge in [-0.1, -0.05) is 6.07 Å². The van der Waals surface area contributed by atoms with Crippen molar-refractivity contribution in [3.63, 3.8) is 0 Å². The summed E-state index contributed by atoms with van der Waals surface area (Å²) in [6.45, 7) is 0.106. The molecule has 2 aromatic carbocycles. The number of carboxylic acids is 1. The Kier molecular flexibility index (Phi) is 7.85. The van der Waals surface area contributed by atoms with Crippen LogP contribution in [0.15, 0.2) is 53.4 Å². The second-order valence-corrected chi connectivity index (χ2v) is 25.7. The number of halogens is 1. The summed E-state index contributed by atoms with van der Waals surface area (Å²) in [5, 5.41) is 12.2. The molecule has 0 aliphatic carbocycles. The van der Waals surface area contributed by atoms with Crippen molar-refractivity contribution in [2.75, 3.05) is 6.54 Å². The second kappa shape index (κ2) is 10.1. The Hall–Kier alpha value is -1.98. The molecule has 2 atom stereocenters. The van der Waals surface area contributed by atoms with Crippen LogP contribution < -0.4 is 8.90 Å². The third-order valence-corrected chi connectivity index (χ3v) is 13.6. The zero-order valence-electron chi connectivity index (χ0n) is 18.9. The second-order valence-electron chi connectivity index (χ2n) is 9.28. The molecule has 3 rings (SSSR count). The van der Waals surface area contributed by atoms with Crippen LogP contribution in [0.5, 0.6) is 0 Å². The minimum atomic E-state index is -4.10. The Bertz CT molecular complexity index is 1130. The number of carbonyl (C=O) groups is 2. The number of nitrogens with one attached hydrogen (secondary N) is 1. The van der Waals surface area contributed by atoms with Crippen LogP contribution in [0.4, 0.5) is 4.39 Å². The zero-order chi connectivity index (χ0) is 24.4. The number of rotatable bonds is 8. The molecule has 10 heteroatoms. The topological polar surface area (TPSA) is 104 Å². The summed E-state index contributed by atoms with van der Waals surface area (Å²) in [6.07, 6.45) is 0.800. The molecule has 2 N–H and O–H groups in total. The maximum absolute atomic E-state index is 13.6. The van der Waals surface area contributed by atoms with Crippen molar-refractivity contribution < 1.29 is 27.5 Å². The van der Waals surface area contributed by atoms with Crippen LogP contribution in [0.3, 0.4) is 0 Å². The summed E-state index contributed by atoms with van der Waals surface area (Å²) in [6, 6.07) is 10.2. The van der Waals surface area contributed by atoms with Gasteiger partial charge >= 0.3 is 164 Å². The summed E-state index contributed by atoms with van der Waals surface area (Å²) < 4.78 is 41.9. The van der Waals surface area contributed by atoms with Crippen LogP contribution in [0.25, 0.3) is 0 Å². The molecular weight excluding hydrogens is 554 g/mol. The molecule has 0 saturated carbocycles. The summed E-state index contributed by atoms with van der Waals surface area (Å²) >= 11 is -2.23. The summed E-state index contributed by atoms with van der Waals surface area (Å²) in [7, 11) is -4.10. The number of carbonyl (C=O) groups excluding carboxylic acids is 1. The van der Waals surface area contributed by atoms with Gasteiger partial charge < -0.3 is 0 Å². The summed E-state index contributed by atoms with van der Waals surface area (Å²) in [5.41, 5.74) is 0.776. The average molecular weight is 583 g/mol. The first-order chi connectivity index (χ1) is 15.4. The standard InChI is InChI=1S/C20H20FN2O5S.3CH3.Sn/c21-15-8-4-9-16(13-15)29(27,28)23-11-5-10-18(23)19(24)22-17(20(25)26)12-14-6-2-1-3-7-14;;;;/h2-4,6-9,13,17-18H,5,10-12H2,(H,22,24)(H,25,26);3*1H3;/t17-,18-;;;;/m0..../s1. The number of carboxylic acid groups (broad SMARTS) is 1. The van der Waals surface area contributed by atoms with Gasteiger partial charge in [-0.2, -0.15) is 0 Å². The van der Waals surface area contributed by atoms with Crippen LogP contribution >= 0.6 is 0 Å². The van der Waals surface area contributed by atoms with E-state index in [9.17, 15) is 27.5 Å². The van der Waals surface area contributed by atoms with Gasteiger partial charge in [-0.15, -0.1) is 0 Å². The molecule has 0 aromatic heterocycles. The fourth-order valence-corrected chi connectivity index (χ4v) is 8.92. The van der Waals surface area contributed by atoms with Crippen molar-refractivity contribution in [1.29, 1.82) is 0 Å². The van der Waals surface area contributed by atoms with E-state index in [1.54, 1.807) is 0 Å². The van der Waals surface area contributed by atoms with E-state index in [1.165, 1.54) is 15.7 Å². The molecular formula is C23H29FN2O5SSn. The Labute approximate surface area is 197 Å². The maximum atomic E-state index is 13.6. The molecule has 1 aliphatic rings. The van der Waals surface area contributed by atoms with Crippen LogP contribution in [0.1, 0.15) is 18.4 Å². The summed E-state index contributed by atoms with van der Waals surface area (Å²) in [4.78, 5) is 31.4. The van der Waals surface area contributed by atoms with Crippen LogP contribution in [0, 0.1) is 5.82 Å². The number of benzene rings is 2. The minimum absolute atomic E-state index is 0.0877. The number of hydrogen-bond donors (Lipinski definition) is 2. The molecule has 0 radical (unpaired) electrons. The van der Waals surface area contributed by atoms with Crippen molar-refractivity contribution >= 4 is 43.9 Å². The molecule has 0 bridgehead atoms. The third-order valence-electron chi connectivity index (χ3n) is 5.78. The van der Waals surface area contributed by atoms with Gasteiger partial charge in [0.1, 0.15) is 5.82 Å². The van der Waals surface area contributed by atoms with Gasteiger partial charge in [0.2, 0.25) is 0 Å². The first-order valence-electron chi connectivity index (χ1n) is 10.8. The van der Waals surface area contributed by atoms with E-state index in [4.69, 9.17) is 0 Å². The molecule has 7 nitrogen and oxygen atoms in total. The predicted octanol–water partition coefficient (Wildman–Crippen LogP) is 2.34. The van der Waals surface area contributed by atoms with Gasteiger partial charge in [0.15, 0.2) is 0 Å². The number of sulfonamides is 1. The quantitative estimate of drug-likeness (QED) is 0.465.